The second kappa shape index (κ2) is 11.9. The van der Waals surface area contributed by atoms with E-state index in [9.17, 15) is 19.8 Å². The highest BCUT2D eigenvalue weighted by molar-refractivity contribution is 9.10. The van der Waals surface area contributed by atoms with Gasteiger partial charge in [-0.05, 0) is 55.4 Å². The molecule has 2 aromatic rings. The van der Waals surface area contributed by atoms with Crippen LogP contribution in [0.2, 0.25) is 0 Å². The molecule has 1 saturated carbocycles. The summed E-state index contributed by atoms with van der Waals surface area (Å²) in [6, 6.07) is 9.02. The van der Waals surface area contributed by atoms with Crippen LogP contribution >= 0.6 is 28.3 Å². The summed E-state index contributed by atoms with van der Waals surface area (Å²) in [5.74, 6) is -2.17. The van der Waals surface area contributed by atoms with Crippen LogP contribution in [-0.2, 0) is 4.79 Å². The summed E-state index contributed by atoms with van der Waals surface area (Å²) in [6.45, 7) is 1.50. The van der Waals surface area contributed by atoms with Gasteiger partial charge in [0.15, 0.2) is 5.78 Å². The molecule has 0 bridgehead atoms. The van der Waals surface area contributed by atoms with E-state index in [4.69, 9.17) is 15.2 Å². The van der Waals surface area contributed by atoms with Gasteiger partial charge in [0.05, 0.1) is 14.2 Å². The van der Waals surface area contributed by atoms with Gasteiger partial charge in [0, 0.05) is 16.1 Å². The molecule has 3 rings (SSSR count). The third-order valence-electron chi connectivity index (χ3n) is 6.60. The first-order valence-electron chi connectivity index (χ1n) is 11.1. The molecule has 35 heavy (non-hydrogen) atoms. The van der Waals surface area contributed by atoms with Gasteiger partial charge < -0.3 is 25.4 Å². The molecular weight excluding hydrogens is 538 g/mol. The van der Waals surface area contributed by atoms with Crippen LogP contribution in [0.3, 0.4) is 0 Å². The maximum Gasteiger partial charge on any atom is 0.323 e. The maximum absolute atomic E-state index is 13.2. The molecule has 1 aliphatic rings. The van der Waals surface area contributed by atoms with Crippen LogP contribution in [0.5, 0.6) is 17.2 Å². The highest BCUT2D eigenvalue weighted by atomic mass is 79.9. The number of methoxy groups -OCH3 is 2. The summed E-state index contributed by atoms with van der Waals surface area (Å²) in [7, 11) is 2.87. The van der Waals surface area contributed by atoms with E-state index in [1.165, 1.54) is 27.2 Å². The minimum Gasteiger partial charge on any atom is -0.507 e. The summed E-state index contributed by atoms with van der Waals surface area (Å²) < 4.78 is 11.8. The summed E-state index contributed by atoms with van der Waals surface area (Å²) >= 11 is 3.40. The molecule has 0 amide bonds. The number of hydrogen-bond acceptors (Lipinski definition) is 6. The molecule has 0 radical (unpaired) electrons. The van der Waals surface area contributed by atoms with Crippen LogP contribution in [-0.4, -0.2) is 41.7 Å². The Labute approximate surface area is 219 Å². The number of carbonyl (C=O) groups excluding carboxylic acids is 1. The van der Waals surface area contributed by atoms with Crippen LogP contribution in [0, 0.1) is 5.92 Å². The van der Waals surface area contributed by atoms with E-state index in [1.807, 2.05) is 24.3 Å². The highest BCUT2D eigenvalue weighted by Gasteiger charge is 2.45. The molecular formula is C26H31BrClNO6. The SMILES string of the molecule is COc1cc(OC)c([C@@H]2CCCC[C@H]2[C@](C)(N)C(=O)O)c(O)c1C(=O)C=Cc1cccc(Br)c1.Cl. The van der Waals surface area contributed by atoms with Crippen LogP contribution in [0.1, 0.15) is 60.0 Å². The van der Waals surface area contributed by atoms with E-state index < -0.39 is 29.1 Å². The maximum atomic E-state index is 13.2. The van der Waals surface area contributed by atoms with Crippen molar-refractivity contribution in [2.75, 3.05) is 14.2 Å². The zero-order chi connectivity index (χ0) is 25.0. The number of nitrogens with two attached hydrogens (primary N) is 1. The van der Waals surface area contributed by atoms with Crippen molar-refractivity contribution < 1.29 is 29.3 Å². The number of rotatable bonds is 8. The normalized spacial score (nSPS) is 19.5. The zero-order valence-electron chi connectivity index (χ0n) is 19.9. The molecule has 0 aromatic heterocycles. The fourth-order valence-corrected chi connectivity index (χ4v) is 5.20. The molecule has 0 unspecified atom stereocenters. The Morgan fingerprint density at radius 3 is 2.40 bits per heavy atom. The Morgan fingerprint density at radius 1 is 1.14 bits per heavy atom. The second-order valence-electron chi connectivity index (χ2n) is 8.76. The molecule has 1 aliphatic carbocycles. The first kappa shape index (κ1) is 28.7. The van der Waals surface area contributed by atoms with Gasteiger partial charge >= 0.3 is 5.97 Å². The van der Waals surface area contributed by atoms with Gasteiger partial charge in [0.2, 0.25) is 0 Å². The predicted molar refractivity (Wildman–Crippen MR) is 141 cm³/mol. The number of halogens is 2. The standard InChI is InChI=1S/C26H30BrNO6.ClH/c1-26(28,25(31)32)18-10-5-4-9-17(18)22-20(33-2)14-21(34-3)23(24(22)30)19(29)12-11-15-7-6-8-16(27)13-15;/h6-8,11-14,17-18,30H,4-5,9-10,28H2,1-3H3,(H,31,32);1H/t17-,18-,26+;/m1./s1. The molecule has 1 fully saturated rings. The quantitative estimate of drug-likeness (QED) is 0.281. The summed E-state index contributed by atoms with van der Waals surface area (Å²) in [4.78, 5) is 25.2. The fraction of sp³-hybridized carbons (Fsp3) is 0.385. The Hall–Kier alpha value is -2.55. The van der Waals surface area contributed by atoms with Crippen LogP contribution in [0.15, 0.2) is 40.9 Å². The van der Waals surface area contributed by atoms with Crippen molar-refractivity contribution >= 4 is 46.2 Å². The number of ether oxygens (including phenoxy) is 2. The highest BCUT2D eigenvalue weighted by Crippen LogP contribution is 2.51. The molecule has 0 heterocycles. The van der Waals surface area contributed by atoms with E-state index in [2.05, 4.69) is 15.9 Å². The summed E-state index contributed by atoms with van der Waals surface area (Å²) in [6.07, 6.45) is 5.91. The average molecular weight is 569 g/mol. The predicted octanol–water partition coefficient (Wildman–Crippen LogP) is 5.57. The van der Waals surface area contributed by atoms with Gasteiger partial charge in [-0.1, -0.05) is 47.0 Å². The summed E-state index contributed by atoms with van der Waals surface area (Å²) in [5, 5.41) is 21.2. The molecule has 190 valence electrons. The van der Waals surface area contributed by atoms with Crippen LogP contribution in [0.25, 0.3) is 6.08 Å². The van der Waals surface area contributed by atoms with Crippen LogP contribution < -0.4 is 15.2 Å². The molecule has 7 nitrogen and oxygen atoms in total. The smallest absolute Gasteiger partial charge is 0.323 e. The van der Waals surface area contributed by atoms with E-state index in [-0.39, 0.29) is 29.5 Å². The number of carboxylic acid groups (broad SMARTS) is 1. The Bertz CT molecular complexity index is 1120. The Kier molecular flexibility index (Phi) is 9.77. The number of carboxylic acids is 1. The van der Waals surface area contributed by atoms with Gasteiger partial charge in [0.1, 0.15) is 28.4 Å². The zero-order valence-corrected chi connectivity index (χ0v) is 22.3. The number of carbonyl (C=O) groups is 2. The lowest BCUT2D eigenvalue weighted by molar-refractivity contribution is -0.145. The molecule has 3 atom stereocenters. The first-order valence-corrected chi connectivity index (χ1v) is 11.9. The average Bonchev–Trinajstić information content (AvgIpc) is 2.81. The molecule has 4 N–H and O–H groups in total. The molecule has 2 aromatic carbocycles. The fourth-order valence-electron chi connectivity index (χ4n) is 4.78. The largest absolute Gasteiger partial charge is 0.507 e. The van der Waals surface area contributed by atoms with Gasteiger partial charge in [-0.3, -0.25) is 9.59 Å². The van der Waals surface area contributed by atoms with E-state index in [0.29, 0.717) is 24.2 Å². The Morgan fingerprint density at radius 2 is 1.80 bits per heavy atom. The van der Waals surface area contributed by atoms with Gasteiger partial charge in [-0.2, -0.15) is 0 Å². The number of ketones is 1. The van der Waals surface area contributed by atoms with Crippen molar-refractivity contribution in [2.45, 2.75) is 44.1 Å². The van der Waals surface area contributed by atoms with Gasteiger partial charge in [-0.25, -0.2) is 0 Å². The Balaban J connectivity index is 0.00000432. The van der Waals surface area contributed by atoms with Crippen molar-refractivity contribution in [1.82, 2.24) is 0 Å². The minimum atomic E-state index is -1.51. The van der Waals surface area contributed by atoms with Crippen molar-refractivity contribution in [3.63, 3.8) is 0 Å². The number of aromatic hydroxyl groups is 1. The van der Waals surface area contributed by atoms with E-state index >= 15 is 0 Å². The number of phenolic OH excluding ortho intramolecular Hbond substituents is 1. The van der Waals surface area contributed by atoms with Gasteiger partial charge in [0.25, 0.3) is 0 Å². The molecule has 0 aliphatic heterocycles. The topological polar surface area (TPSA) is 119 Å². The van der Waals surface area contributed by atoms with Gasteiger partial charge in [-0.15, -0.1) is 12.4 Å². The number of aliphatic carboxylic acids is 1. The second-order valence-corrected chi connectivity index (χ2v) is 9.67. The lowest BCUT2D eigenvalue weighted by atomic mass is 9.66. The van der Waals surface area contributed by atoms with Crippen LogP contribution in [0.4, 0.5) is 0 Å². The van der Waals surface area contributed by atoms with Crippen molar-refractivity contribution in [3.8, 4) is 17.2 Å². The van der Waals surface area contributed by atoms with Crippen molar-refractivity contribution in [3.05, 3.63) is 57.6 Å². The molecule has 0 spiro atoms. The van der Waals surface area contributed by atoms with E-state index in [1.54, 1.807) is 12.1 Å². The molecule has 9 heteroatoms. The summed E-state index contributed by atoms with van der Waals surface area (Å²) in [5.41, 5.74) is 5.95. The number of hydrogen-bond donors (Lipinski definition) is 3. The third-order valence-corrected chi connectivity index (χ3v) is 7.09. The molecule has 0 saturated heterocycles. The monoisotopic (exact) mass is 567 g/mol. The number of allylic oxidation sites excluding steroid dienone is 1. The number of phenols is 1. The van der Waals surface area contributed by atoms with Crippen molar-refractivity contribution in [2.24, 2.45) is 11.7 Å². The lowest BCUT2D eigenvalue weighted by Gasteiger charge is -2.40. The lowest BCUT2D eigenvalue weighted by Crippen LogP contribution is -2.54. The van der Waals surface area contributed by atoms with E-state index in [0.717, 1.165) is 22.9 Å². The third kappa shape index (κ3) is 6.00. The minimum absolute atomic E-state index is 0. The van der Waals surface area contributed by atoms with Crippen molar-refractivity contribution in [1.29, 1.82) is 0 Å². The number of benzene rings is 2. The first-order chi connectivity index (χ1) is 16.1.